The van der Waals surface area contributed by atoms with Crippen LogP contribution in [0.4, 0.5) is 11.6 Å². The number of hydrogen-bond donors (Lipinski definition) is 1. The molecule has 2 heterocycles. The number of furan rings is 1. The fourth-order valence-electron chi connectivity index (χ4n) is 1.53. The molecule has 2 aromatic heterocycles. The number of nitrogens with one attached hydrogen (secondary N) is 1. The van der Waals surface area contributed by atoms with E-state index in [0.717, 1.165) is 28.2 Å². The molecule has 2 rings (SSSR count). The molecule has 0 amide bonds. The second-order valence-corrected chi connectivity index (χ2v) is 4.39. The molecule has 0 unspecified atom stereocenters. The van der Waals surface area contributed by atoms with Gasteiger partial charge in [-0.1, -0.05) is 0 Å². The Morgan fingerprint density at radius 2 is 2.29 bits per heavy atom. The third kappa shape index (κ3) is 2.58. The molecular weight excluding hydrogens is 284 g/mol. The summed E-state index contributed by atoms with van der Waals surface area (Å²) in [6.45, 7) is 0.731. The van der Waals surface area contributed by atoms with E-state index in [1.54, 1.807) is 12.5 Å². The summed E-state index contributed by atoms with van der Waals surface area (Å²) in [5, 5.41) is 3.01. The Bertz CT molecular complexity index is 486. The van der Waals surface area contributed by atoms with E-state index in [2.05, 4.69) is 31.2 Å². The van der Waals surface area contributed by atoms with Gasteiger partial charge in [0.05, 0.1) is 12.5 Å². The van der Waals surface area contributed by atoms with Crippen LogP contribution < -0.4 is 10.2 Å². The van der Waals surface area contributed by atoms with Gasteiger partial charge in [0, 0.05) is 26.2 Å². The van der Waals surface area contributed by atoms with Crippen molar-refractivity contribution in [2.45, 2.75) is 6.54 Å². The van der Waals surface area contributed by atoms with E-state index in [0.29, 0.717) is 0 Å². The number of aromatic nitrogens is 2. The van der Waals surface area contributed by atoms with E-state index in [-0.39, 0.29) is 0 Å². The number of halogens is 1. The summed E-state index contributed by atoms with van der Waals surface area (Å²) in [4.78, 5) is 10.4. The Morgan fingerprint density at radius 1 is 1.47 bits per heavy atom. The van der Waals surface area contributed by atoms with Gasteiger partial charge >= 0.3 is 0 Å². The minimum Gasteiger partial charge on any atom is -0.472 e. The Hall–Kier alpha value is -1.56. The fourth-order valence-corrected chi connectivity index (χ4v) is 2.24. The zero-order valence-electron chi connectivity index (χ0n) is 9.64. The van der Waals surface area contributed by atoms with Crippen molar-refractivity contribution in [3.63, 3.8) is 0 Å². The number of rotatable bonds is 4. The van der Waals surface area contributed by atoms with Crippen LogP contribution in [0.25, 0.3) is 0 Å². The van der Waals surface area contributed by atoms with Gasteiger partial charge in [0.25, 0.3) is 0 Å². The first-order chi connectivity index (χ1) is 8.22. The maximum atomic E-state index is 5.04. The Kier molecular flexibility index (Phi) is 3.63. The van der Waals surface area contributed by atoms with Gasteiger partial charge in [-0.2, -0.15) is 0 Å². The minimum atomic E-state index is 0.731. The first-order valence-corrected chi connectivity index (χ1v) is 5.92. The maximum Gasteiger partial charge on any atom is 0.148 e. The van der Waals surface area contributed by atoms with Crippen molar-refractivity contribution >= 4 is 27.6 Å². The molecule has 1 N–H and O–H groups in total. The Morgan fingerprint density at radius 3 is 2.94 bits per heavy atom. The average Bonchev–Trinajstić information content (AvgIpc) is 2.82. The summed E-state index contributed by atoms with van der Waals surface area (Å²) in [7, 11) is 3.80. The van der Waals surface area contributed by atoms with Crippen molar-refractivity contribution in [2.75, 3.05) is 24.3 Å². The Balaban J connectivity index is 2.22. The molecule has 0 radical (unpaired) electrons. The summed E-state index contributed by atoms with van der Waals surface area (Å²) in [6, 6.07) is 1.94. The highest BCUT2D eigenvalue weighted by Crippen LogP contribution is 2.29. The highest BCUT2D eigenvalue weighted by atomic mass is 79.9. The molecule has 0 aliphatic carbocycles. The normalized spacial score (nSPS) is 10.3. The topological polar surface area (TPSA) is 54.2 Å². The quantitative estimate of drug-likeness (QED) is 0.939. The van der Waals surface area contributed by atoms with Gasteiger partial charge in [-0.15, -0.1) is 0 Å². The monoisotopic (exact) mass is 296 g/mol. The van der Waals surface area contributed by atoms with Crippen LogP contribution in [0.3, 0.4) is 0 Å². The summed E-state index contributed by atoms with van der Waals surface area (Å²) in [6.07, 6.45) is 4.93. The standard InChI is InChI=1S/C11H13BrN4O/c1-13-10-9(12)11(15-7-14-10)16(2)5-8-3-4-17-6-8/h3-4,6-7H,5H2,1-2H3,(H,13,14,15). The van der Waals surface area contributed by atoms with Gasteiger partial charge in [-0.25, -0.2) is 9.97 Å². The first-order valence-electron chi connectivity index (χ1n) is 5.13. The predicted molar refractivity (Wildman–Crippen MR) is 70.1 cm³/mol. The summed E-state index contributed by atoms with van der Waals surface area (Å²) >= 11 is 3.49. The molecule has 6 heteroatoms. The summed E-state index contributed by atoms with van der Waals surface area (Å²) in [5.41, 5.74) is 1.10. The van der Waals surface area contributed by atoms with E-state index in [9.17, 15) is 0 Å². The highest BCUT2D eigenvalue weighted by Gasteiger charge is 2.12. The largest absolute Gasteiger partial charge is 0.472 e. The maximum absolute atomic E-state index is 5.04. The van der Waals surface area contributed by atoms with E-state index < -0.39 is 0 Å². The zero-order valence-corrected chi connectivity index (χ0v) is 11.2. The molecule has 5 nitrogen and oxygen atoms in total. The zero-order chi connectivity index (χ0) is 12.3. The highest BCUT2D eigenvalue weighted by molar-refractivity contribution is 9.10. The SMILES string of the molecule is CNc1ncnc(N(C)Cc2ccoc2)c1Br. The lowest BCUT2D eigenvalue weighted by Crippen LogP contribution is -2.18. The van der Waals surface area contributed by atoms with E-state index in [1.807, 2.05) is 25.1 Å². The second-order valence-electron chi connectivity index (χ2n) is 3.60. The molecule has 0 bridgehead atoms. The molecule has 0 aromatic carbocycles. The number of anilines is 2. The van der Waals surface area contributed by atoms with Crippen molar-refractivity contribution in [3.05, 3.63) is 35.0 Å². The van der Waals surface area contributed by atoms with Gasteiger partial charge in [-0.3, -0.25) is 0 Å². The van der Waals surface area contributed by atoms with Crippen LogP contribution in [0.1, 0.15) is 5.56 Å². The van der Waals surface area contributed by atoms with Crippen LogP contribution in [0, 0.1) is 0 Å². The summed E-state index contributed by atoms with van der Waals surface area (Å²) < 4.78 is 5.90. The van der Waals surface area contributed by atoms with Crippen LogP contribution in [-0.4, -0.2) is 24.1 Å². The molecule has 90 valence electrons. The van der Waals surface area contributed by atoms with E-state index in [1.165, 1.54) is 6.33 Å². The molecule has 0 aliphatic heterocycles. The van der Waals surface area contributed by atoms with Gasteiger partial charge in [0.2, 0.25) is 0 Å². The molecule has 17 heavy (non-hydrogen) atoms. The van der Waals surface area contributed by atoms with Gasteiger partial charge in [0.15, 0.2) is 0 Å². The van der Waals surface area contributed by atoms with Crippen LogP contribution in [-0.2, 0) is 6.54 Å². The molecule has 0 aliphatic rings. The summed E-state index contributed by atoms with van der Waals surface area (Å²) in [5.74, 6) is 1.61. The molecule has 0 atom stereocenters. The number of nitrogens with zero attached hydrogens (tertiary/aromatic N) is 3. The molecule has 2 aromatic rings. The molecular formula is C11H13BrN4O. The van der Waals surface area contributed by atoms with Gasteiger partial charge < -0.3 is 14.6 Å². The molecule has 0 saturated carbocycles. The van der Waals surface area contributed by atoms with Crippen molar-refractivity contribution < 1.29 is 4.42 Å². The van der Waals surface area contributed by atoms with Crippen molar-refractivity contribution in [3.8, 4) is 0 Å². The smallest absolute Gasteiger partial charge is 0.148 e. The molecule has 0 saturated heterocycles. The van der Waals surface area contributed by atoms with Crippen molar-refractivity contribution in [1.29, 1.82) is 0 Å². The third-order valence-corrected chi connectivity index (χ3v) is 3.10. The lowest BCUT2D eigenvalue weighted by molar-refractivity contribution is 0.563. The average molecular weight is 297 g/mol. The van der Waals surface area contributed by atoms with Crippen molar-refractivity contribution in [2.24, 2.45) is 0 Å². The predicted octanol–water partition coefficient (Wildman–Crippen LogP) is 2.51. The van der Waals surface area contributed by atoms with E-state index >= 15 is 0 Å². The lowest BCUT2D eigenvalue weighted by atomic mass is 10.3. The van der Waals surface area contributed by atoms with Crippen LogP contribution in [0.15, 0.2) is 33.8 Å². The third-order valence-electron chi connectivity index (χ3n) is 2.37. The van der Waals surface area contributed by atoms with E-state index in [4.69, 9.17) is 4.42 Å². The fraction of sp³-hybridized carbons (Fsp3) is 0.273. The van der Waals surface area contributed by atoms with Crippen LogP contribution in [0.2, 0.25) is 0 Å². The Labute approximate surface area is 108 Å². The van der Waals surface area contributed by atoms with Crippen LogP contribution >= 0.6 is 15.9 Å². The van der Waals surface area contributed by atoms with Crippen LogP contribution in [0.5, 0.6) is 0 Å². The molecule has 0 spiro atoms. The van der Waals surface area contributed by atoms with Crippen molar-refractivity contribution in [1.82, 2.24) is 9.97 Å². The lowest BCUT2D eigenvalue weighted by Gasteiger charge is -2.19. The number of hydrogen-bond acceptors (Lipinski definition) is 5. The first kappa shape index (κ1) is 11.9. The molecule has 0 fully saturated rings. The van der Waals surface area contributed by atoms with Gasteiger partial charge in [-0.05, 0) is 22.0 Å². The van der Waals surface area contributed by atoms with Gasteiger partial charge in [0.1, 0.15) is 22.4 Å². The second kappa shape index (κ2) is 5.18. The minimum absolute atomic E-state index is 0.731.